The minimum atomic E-state index is -4.61. The van der Waals surface area contributed by atoms with Crippen LogP contribution in [0.25, 0.3) is 6.08 Å². The first-order chi connectivity index (χ1) is 19.1. The van der Waals surface area contributed by atoms with Crippen molar-refractivity contribution in [1.29, 1.82) is 0 Å². The molecule has 0 saturated carbocycles. The maximum Gasteiger partial charge on any atom is 0.416 e. The molecule has 0 spiro atoms. The fourth-order valence-electron chi connectivity index (χ4n) is 4.47. The van der Waals surface area contributed by atoms with Crippen molar-refractivity contribution in [2.45, 2.75) is 12.7 Å². The van der Waals surface area contributed by atoms with Crippen LogP contribution >= 0.6 is 11.8 Å². The Bertz CT molecular complexity index is 1480. The standard InChI is InChI=1S/C28H22F3N3O5S/c29-28(30,31)21-5-2-1-4-20(21)17-34-26(37)23(40-27(34)38)16-18-7-9-19(10-8-18)24(35)32-11-13-33(14-12-32)25(36)22-6-3-15-39-22/h1-10,15-16H,11-14,17H2/b23-16-. The van der Waals surface area contributed by atoms with E-state index in [0.717, 1.165) is 11.0 Å². The molecule has 1 aromatic heterocycles. The predicted octanol–water partition coefficient (Wildman–Crippen LogP) is 5.13. The van der Waals surface area contributed by atoms with E-state index in [2.05, 4.69) is 0 Å². The lowest BCUT2D eigenvalue weighted by atomic mass is 10.1. The lowest BCUT2D eigenvalue weighted by Crippen LogP contribution is -2.50. The van der Waals surface area contributed by atoms with Gasteiger partial charge in [0.05, 0.1) is 23.3 Å². The molecule has 2 aromatic carbocycles. The van der Waals surface area contributed by atoms with Crippen molar-refractivity contribution in [2.24, 2.45) is 0 Å². The molecule has 5 rings (SSSR count). The van der Waals surface area contributed by atoms with Crippen molar-refractivity contribution in [2.75, 3.05) is 26.2 Å². The Labute approximate surface area is 231 Å². The minimum Gasteiger partial charge on any atom is -0.459 e. The molecule has 3 heterocycles. The molecule has 0 radical (unpaired) electrons. The van der Waals surface area contributed by atoms with Gasteiger partial charge < -0.3 is 14.2 Å². The number of thioether (sulfide) groups is 1. The minimum absolute atomic E-state index is 0.0749. The number of halogens is 3. The molecule has 2 aliphatic heterocycles. The molecule has 40 heavy (non-hydrogen) atoms. The van der Waals surface area contributed by atoms with Crippen molar-refractivity contribution >= 4 is 40.8 Å². The molecule has 12 heteroatoms. The monoisotopic (exact) mass is 569 g/mol. The van der Waals surface area contributed by atoms with Crippen LogP contribution < -0.4 is 0 Å². The predicted molar refractivity (Wildman–Crippen MR) is 140 cm³/mol. The molecule has 206 valence electrons. The van der Waals surface area contributed by atoms with E-state index >= 15 is 0 Å². The fourth-order valence-corrected chi connectivity index (χ4v) is 5.30. The molecule has 8 nitrogen and oxygen atoms in total. The summed E-state index contributed by atoms with van der Waals surface area (Å²) in [4.78, 5) is 54.8. The van der Waals surface area contributed by atoms with Gasteiger partial charge in [0.1, 0.15) is 0 Å². The quantitative estimate of drug-likeness (QED) is 0.396. The maximum absolute atomic E-state index is 13.3. The van der Waals surface area contributed by atoms with Gasteiger partial charge in [-0.05, 0) is 59.3 Å². The Hall–Kier alpha value is -4.32. The van der Waals surface area contributed by atoms with Crippen LogP contribution in [0.1, 0.15) is 37.6 Å². The SMILES string of the molecule is O=C(c1ccc(/C=C2\SC(=O)N(Cc3ccccc3C(F)(F)F)C2=O)cc1)N1CCN(C(=O)c2ccco2)CC1. The fraction of sp³-hybridized carbons (Fsp3) is 0.214. The second-order valence-electron chi connectivity index (χ2n) is 9.11. The summed E-state index contributed by atoms with van der Waals surface area (Å²) in [7, 11) is 0. The first kappa shape index (κ1) is 27.3. The normalized spacial score (nSPS) is 17.2. The Balaban J connectivity index is 1.22. The molecule has 0 unspecified atom stereocenters. The summed E-state index contributed by atoms with van der Waals surface area (Å²) in [5, 5.41) is -0.662. The van der Waals surface area contributed by atoms with E-state index in [4.69, 9.17) is 4.42 Å². The van der Waals surface area contributed by atoms with Crippen LogP contribution in [0.5, 0.6) is 0 Å². The first-order valence-corrected chi connectivity index (χ1v) is 13.1. The third-order valence-electron chi connectivity index (χ3n) is 6.57. The Morgan fingerprint density at radius 2 is 1.52 bits per heavy atom. The zero-order valence-electron chi connectivity index (χ0n) is 20.9. The van der Waals surface area contributed by atoms with Crippen molar-refractivity contribution < 1.29 is 36.8 Å². The van der Waals surface area contributed by atoms with E-state index in [9.17, 15) is 32.3 Å². The summed E-state index contributed by atoms with van der Waals surface area (Å²) in [6.07, 6.45) is -1.72. The molecule has 0 aliphatic carbocycles. The van der Waals surface area contributed by atoms with E-state index in [1.54, 1.807) is 46.2 Å². The number of carbonyl (C=O) groups is 4. The molecule has 4 amide bonds. The zero-order chi connectivity index (χ0) is 28.4. The van der Waals surface area contributed by atoms with E-state index in [-0.39, 0.29) is 28.0 Å². The smallest absolute Gasteiger partial charge is 0.416 e. The number of benzene rings is 2. The lowest BCUT2D eigenvalue weighted by molar-refractivity contribution is -0.139. The van der Waals surface area contributed by atoms with Crippen LogP contribution in [0.3, 0.4) is 0 Å². The van der Waals surface area contributed by atoms with Crippen LogP contribution in [0.4, 0.5) is 18.0 Å². The number of hydrogen-bond donors (Lipinski definition) is 0. The van der Waals surface area contributed by atoms with Gasteiger partial charge in [-0.3, -0.25) is 24.1 Å². The highest BCUT2D eigenvalue weighted by Crippen LogP contribution is 2.36. The van der Waals surface area contributed by atoms with Gasteiger partial charge in [-0.25, -0.2) is 0 Å². The molecule has 0 atom stereocenters. The Kier molecular flexibility index (Phi) is 7.53. The number of alkyl halides is 3. The average Bonchev–Trinajstić information content (AvgIpc) is 3.58. The summed E-state index contributed by atoms with van der Waals surface area (Å²) in [5.41, 5.74) is -0.108. The van der Waals surface area contributed by atoms with Crippen molar-refractivity contribution in [3.63, 3.8) is 0 Å². The Morgan fingerprint density at radius 3 is 2.15 bits per heavy atom. The number of imide groups is 1. The summed E-state index contributed by atoms with van der Waals surface area (Å²) < 4.78 is 45.2. The molecule has 0 bridgehead atoms. The largest absolute Gasteiger partial charge is 0.459 e. The Morgan fingerprint density at radius 1 is 0.875 bits per heavy atom. The lowest BCUT2D eigenvalue weighted by Gasteiger charge is -2.34. The molecule has 2 fully saturated rings. The van der Waals surface area contributed by atoms with E-state index in [1.165, 1.54) is 30.5 Å². The highest BCUT2D eigenvalue weighted by atomic mass is 32.2. The number of nitrogens with zero attached hydrogens (tertiary/aromatic N) is 3. The molecule has 2 aliphatic rings. The van der Waals surface area contributed by atoms with Crippen LogP contribution in [0.15, 0.2) is 76.2 Å². The summed E-state index contributed by atoms with van der Waals surface area (Å²) in [5.74, 6) is -0.871. The van der Waals surface area contributed by atoms with Gasteiger partial charge in [0.15, 0.2) is 5.76 Å². The van der Waals surface area contributed by atoms with E-state index in [1.807, 2.05) is 0 Å². The highest BCUT2D eigenvalue weighted by Gasteiger charge is 2.38. The summed E-state index contributed by atoms with van der Waals surface area (Å²) in [6.45, 7) is 0.959. The van der Waals surface area contributed by atoms with Crippen LogP contribution in [-0.4, -0.2) is 63.8 Å². The second-order valence-corrected chi connectivity index (χ2v) is 10.1. The third-order valence-corrected chi connectivity index (χ3v) is 7.47. The molecule has 2 saturated heterocycles. The zero-order valence-corrected chi connectivity index (χ0v) is 21.7. The van der Waals surface area contributed by atoms with Gasteiger partial charge in [0.2, 0.25) is 0 Å². The van der Waals surface area contributed by atoms with Gasteiger partial charge in [0, 0.05) is 31.7 Å². The van der Waals surface area contributed by atoms with Crippen molar-refractivity contribution in [3.05, 3.63) is 99.8 Å². The van der Waals surface area contributed by atoms with E-state index < -0.39 is 29.4 Å². The molecular weight excluding hydrogens is 547 g/mol. The van der Waals surface area contributed by atoms with Crippen LogP contribution in [-0.2, 0) is 17.5 Å². The number of hydrogen-bond acceptors (Lipinski definition) is 6. The number of amides is 4. The molecule has 0 N–H and O–H groups in total. The van der Waals surface area contributed by atoms with Crippen LogP contribution in [0, 0.1) is 0 Å². The topological polar surface area (TPSA) is 91.1 Å². The maximum atomic E-state index is 13.3. The van der Waals surface area contributed by atoms with Gasteiger partial charge in [-0.1, -0.05) is 30.3 Å². The highest BCUT2D eigenvalue weighted by molar-refractivity contribution is 8.18. The van der Waals surface area contributed by atoms with Gasteiger partial charge in [-0.2, -0.15) is 13.2 Å². The van der Waals surface area contributed by atoms with Gasteiger partial charge in [0.25, 0.3) is 23.0 Å². The first-order valence-electron chi connectivity index (χ1n) is 12.2. The number of furan rings is 1. The van der Waals surface area contributed by atoms with E-state index in [0.29, 0.717) is 49.1 Å². The van der Waals surface area contributed by atoms with Gasteiger partial charge >= 0.3 is 6.18 Å². The number of rotatable bonds is 5. The average molecular weight is 570 g/mol. The molecular formula is C28H22F3N3O5S. The van der Waals surface area contributed by atoms with Gasteiger partial charge in [-0.15, -0.1) is 0 Å². The number of carbonyl (C=O) groups excluding carboxylic acids is 4. The van der Waals surface area contributed by atoms with Crippen LogP contribution in [0.2, 0.25) is 0 Å². The summed E-state index contributed by atoms with van der Waals surface area (Å²) >= 11 is 0.647. The summed E-state index contributed by atoms with van der Waals surface area (Å²) in [6, 6.07) is 14.5. The second kappa shape index (κ2) is 11.0. The third kappa shape index (κ3) is 5.67. The van der Waals surface area contributed by atoms with Crippen molar-refractivity contribution in [3.8, 4) is 0 Å². The molecule has 3 aromatic rings. The van der Waals surface area contributed by atoms with Crippen molar-refractivity contribution in [1.82, 2.24) is 14.7 Å². The number of piperazine rings is 1.